The Balaban J connectivity index is 1.70. The number of rotatable bonds is 3. The van der Waals surface area contributed by atoms with Crippen LogP contribution in [0.5, 0.6) is 0 Å². The molecule has 4 heteroatoms. The lowest BCUT2D eigenvalue weighted by Crippen LogP contribution is -2.45. The van der Waals surface area contributed by atoms with Gasteiger partial charge in [-0.25, -0.2) is 0 Å². The summed E-state index contributed by atoms with van der Waals surface area (Å²) >= 11 is 0. The Morgan fingerprint density at radius 3 is 2.89 bits per heavy atom. The van der Waals surface area contributed by atoms with Crippen molar-refractivity contribution in [1.82, 2.24) is 10.2 Å². The van der Waals surface area contributed by atoms with Gasteiger partial charge in [-0.2, -0.15) is 0 Å². The number of amides is 1. The molecule has 3 fully saturated rings. The molecule has 1 saturated carbocycles. The van der Waals surface area contributed by atoms with Gasteiger partial charge in [-0.3, -0.25) is 4.79 Å². The van der Waals surface area contributed by atoms with Crippen LogP contribution in [0.25, 0.3) is 0 Å². The van der Waals surface area contributed by atoms with Gasteiger partial charge in [-0.15, -0.1) is 0 Å². The predicted octanol–water partition coefficient (Wildman–Crippen LogP) is 0.995. The number of likely N-dealkylation sites (tertiary alicyclic amines) is 1. The average molecular weight is 266 g/mol. The summed E-state index contributed by atoms with van der Waals surface area (Å²) in [5.41, 5.74) is -0.154. The zero-order valence-corrected chi connectivity index (χ0v) is 11.9. The van der Waals surface area contributed by atoms with Crippen molar-refractivity contribution >= 4 is 5.91 Å². The minimum atomic E-state index is -0.174. The SMILES string of the molecule is CCCC1(C(=O)N2CC3CCC(O)C3C2)CCNC1. The number of fused-ring (bicyclic) bond motifs is 1. The molecule has 1 aliphatic carbocycles. The second kappa shape index (κ2) is 5.06. The topological polar surface area (TPSA) is 52.6 Å². The second-order valence-electron chi connectivity index (χ2n) is 6.74. The number of hydrogen-bond donors (Lipinski definition) is 2. The van der Waals surface area contributed by atoms with Crippen LogP contribution in [-0.4, -0.2) is 48.2 Å². The molecule has 2 saturated heterocycles. The van der Waals surface area contributed by atoms with Crippen LogP contribution in [0.1, 0.15) is 39.0 Å². The van der Waals surface area contributed by atoms with Gasteiger partial charge < -0.3 is 15.3 Å². The molecule has 0 spiro atoms. The van der Waals surface area contributed by atoms with Crippen LogP contribution in [0.15, 0.2) is 0 Å². The van der Waals surface area contributed by atoms with Crippen LogP contribution in [0, 0.1) is 17.3 Å². The van der Waals surface area contributed by atoms with Crippen molar-refractivity contribution in [2.45, 2.75) is 45.1 Å². The summed E-state index contributed by atoms with van der Waals surface area (Å²) in [5, 5.41) is 13.3. The van der Waals surface area contributed by atoms with E-state index in [1.54, 1.807) is 0 Å². The minimum absolute atomic E-state index is 0.154. The van der Waals surface area contributed by atoms with Crippen molar-refractivity contribution in [2.75, 3.05) is 26.2 Å². The van der Waals surface area contributed by atoms with Crippen molar-refractivity contribution < 1.29 is 9.90 Å². The molecule has 4 atom stereocenters. The number of carbonyl (C=O) groups excluding carboxylic acids is 1. The fourth-order valence-corrected chi connectivity index (χ4v) is 4.46. The highest BCUT2D eigenvalue weighted by Gasteiger charge is 2.49. The Hall–Kier alpha value is -0.610. The first-order chi connectivity index (χ1) is 9.16. The Bertz CT molecular complexity index is 352. The largest absolute Gasteiger partial charge is 0.393 e. The van der Waals surface area contributed by atoms with E-state index in [0.29, 0.717) is 17.7 Å². The standard InChI is InChI=1S/C15H26N2O2/c1-2-5-15(6-7-16-10-15)14(19)17-8-11-3-4-13(18)12(11)9-17/h11-13,16,18H,2-10H2,1H3. The molecular weight excluding hydrogens is 240 g/mol. The Morgan fingerprint density at radius 1 is 1.42 bits per heavy atom. The maximum atomic E-state index is 12.9. The highest BCUT2D eigenvalue weighted by molar-refractivity contribution is 5.83. The van der Waals surface area contributed by atoms with Gasteiger partial charge in [0.2, 0.25) is 5.91 Å². The molecule has 2 N–H and O–H groups in total. The maximum absolute atomic E-state index is 12.9. The van der Waals surface area contributed by atoms with E-state index in [1.807, 2.05) is 0 Å². The number of aliphatic hydroxyl groups is 1. The summed E-state index contributed by atoms with van der Waals surface area (Å²) in [6.45, 7) is 5.64. The van der Waals surface area contributed by atoms with Gasteiger partial charge in [0.05, 0.1) is 11.5 Å². The molecule has 2 heterocycles. The van der Waals surface area contributed by atoms with Crippen LogP contribution < -0.4 is 5.32 Å². The Morgan fingerprint density at radius 2 is 2.26 bits per heavy atom. The minimum Gasteiger partial charge on any atom is -0.393 e. The molecule has 1 amide bonds. The highest BCUT2D eigenvalue weighted by Crippen LogP contribution is 2.41. The van der Waals surface area contributed by atoms with Gasteiger partial charge in [0, 0.05) is 25.6 Å². The van der Waals surface area contributed by atoms with Gasteiger partial charge in [-0.1, -0.05) is 13.3 Å². The third-order valence-electron chi connectivity index (χ3n) is 5.53. The average Bonchev–Trinajstić information content (AvgIpc) is 3.08. The second-order valence-corrected chi connectivity index (χ2v) is 6.74. The van der Waals surface area contributed by atoms with E-state index in [9.17, 15) is 9.90 Å². The summed E-state index contributed by atoms with van der Waals surface area (Å²) in [7, 11) is 0. The molecule has 0 aromatic heterocycles. The van der Waals surface area contributed by atoms with Gasteiger partial charge in [0.25, 0.3) is 0 Å². The number of hydrogen-bond acceptors (Lipinski definition) is 3. The number of nitrogens with one attached hydrogen (secondary N) is 1. The van der Waals surface area contributed by atoms with E-state index in [4.69, 9.17) is 0 Å². The van der Waals surface area contributed by atoms with Gasteiger partial charge >= 0.3 is 0 Å². The van der Waals surface area contributed by atoms with Crippen molar-refractivity contribution in [2.24, 2.45) is 17.3 Å². The lowest BCUT2D eigenvalue weighted by Gasteiger charge is -2.32. The van der Waals surface area contributed by atoms with Crippen LogP contribution in [0.2, 0.25) is 0 Å². The molecule has 4 unspecified atom stereocenters. The molecule has 108 valence electrons. The molecule has 4 nitrogen and oxygen atoms in total. The van der Waals surface area contributed by atoms with E-state index in [-0.39, 0.29) is 11.5 Å². The summed E-state index contributed by atoms with van der Waals surface area (Å²) in [4.78, 5) is 15.0. The number of nitrogens with zero attached hydrogens (tertiary/aromatic N) is 1. The first kappa shape index (κ1) is 13.4. The lowest BCUT2D eigenvalue weighted by molar-refractivity contribution is -0.141. The molecule has 19 heavy (non-hydrogen) atoms. The molecule has 0 radical (unpaired) electrons. The summed E-state index contributed by atoms with van der Waals surface area (Å²) in [5.74, 6) is 1.24. The third-order valence-corrected chi connectivity index (χ3v) is 5.53. The summed E-state index contributed by atoms with van der Waals surface area (Å²) in [6, 6.07) is 0. The monoisotopic (exact) mass is 266 g/mol. The molecule has 0 bridgehead atoms. The van der Waals surface area contributed by atoms with Crippen molar-refractivity contribution in [1.29, 1.82) is 0 Å². The zero-order valence-electron chi connectivity index (χ0n) is 11.9. The summed E-state index contributed by atoms with van der Waals surface area (Å²) in [6.07, 6.45) is 4.89. The normalized spacial score (nSPS) is 41.8. The number of carbonyl (C=O) groups is 1. The third kappa shape index (κ3) is 2.19. The van der Waals surface area contributed by atoms with Gasteiger partial charge in [0.1, 0.15) is 0 Å². The van der Waals surface area contributed by atoms with E-state index in [2.05, 4.69) is 17.1 Å². The van der Waals surface area contributed by atoms with Crippen LogP contribution in [0.3, 0.4) is 0 Å². The Labute approximate surface area is 115 Å². The van der Waals surface area contributed by atoms with E-state index >= 15 is 0 Å². The summed E-state index contributed by atoms with van der Waals surface area (Å²) < 4.78 is 0. The van der Waals surface area contributed by atoms with E-state index in [1.165, 1.54) is 0 Å². The highest BCUT2D eigenvalue weighted by atomic mass is 16.3. The van der Waals surface area contributed by atoms with Crippen molar-refractivity contribution in [3.05, 3.63) is 0 Å². The molecular formula is C15H26N2O2. The smallest absolute Gasteiger partial charge is 0.230 e. The molecule has 3 aliphatic rings. The molecule has 3 rings (SSSR count). The van der Waals surface area contributed by atoms with E-state index in [0.717, 1.165) is 58.3 Å². The maximum Gasteiger partial charge on any atom is 0.230 e. The van der Waals surface area contributed by atoms with E-state index < -0.39 is 0 Å². The van der Waals surface area contributed by atoms with Crippen LogP contribution in [-0.2, 0) is 4.79 Å². The lowest BCUT2D eigenvalue weighted by atomic mass is 9.81. The zero-order chi connectivity index (χ0) is 13.5. The first-order valence-corrected chi connectivity index (χ1v) is 7.84. The van der Waals surface area contributed by atoms with Crippen molar-refractivity contribution in [3.63, 3.8) is 0 Å². The Kier molecular flexibility index (Phi) is 3.56. The molecule has 2 aliphatic heterocycles. The molecule has 0 aromatic rings. The quantitative estimate of drug-likeness (QED) is 0.801. The molecule has 0 aromatic carbocycles. The fraction of sp³-hybridized carbons (Fsp3) is 0.933. The van der Waals surface area contributed by atoms with Gasteiger partial charge in [-0.05, 0) is 38.1 Å². The van der Waals surface area contributed by atoms with Crippen molar-refractivity contribution in [3.8, 4) is 0 Å². The predicted molar refractivity (Wildman–Crippen MR) is 73.6 cm³/mol. The van der Waals surface area contributed by atoms with Gasteiger partial charge in [0.15, 0.2) is 0 Å². The van der Waals surface area contributed by atoms with Crippen LogP contribution in [0.4, 0.5) is 0 Å². The first-order valence-electron chi connectivity index (χ1n) is 7.84. The van der Waals surface area contributed by atoms with Crippen LogP contribution >= 0.6 is 0 Å². The number of aliphatic hydroxyl groups excluding tert-OH is 1. The fourth-order valence-electron chi connectivity index (χ4n) is 4.46.